The summed E-state index contributed by atoms with van der Waals surface area (Å²) in [4.78, 5) is 13.2. The van der Waals surface area contributed by atoms with Crippen molar-refractivity contribution >= 4 is 47.1 Å². The summed E-state index contributed by atoms with van der Waals surface area (Å²) < 4.78 is 2.05. The fraction of sp³-hybridized carbons (Fsp3) is 0.182. The van der Waals surface area contributed by atoms with Crippen molar-refractivity contribution in [3.05, 3.63) is 81.6 Å². The van der Waals surface area contributed by atoms with Gasteiger partial charge in [0.25, 0.3) is 0 Å². The Hall–Kier alpha value is -2.21. The summed E-state index contributed by atoms with van der Waals surface area (Å²) in [6.07, 6.45) is 2.06. The minimum atomic E-state index is -0.111. The van der Waals surface area contributed by atoms with Gasteiger partial charge in [0.2, 0.25) is 5.91 Å². The minimum Gasteiger partial charge on any atom is -0.318 e. The van der Waals surface area contributed by atoms with Crippen LogP contribution in [0.2, 0.25) is 10.0 Å². The normalized spacial score (nSPS) is 11.2. The number of rotatable bonds is 7. The molecule has 0 aliphatic heterocycles. The Morgan fingerprint density at radius 1 is 1.10 bits per heavy atom. The topological polar surface area (TPSA) is 46.4 Å². The Bertz CT molecular complexity index is 1010. The van der Waals surface area contributed by atoms with Gasteiger partial charge in [-0.2, -0.15) is 5.10 Å². The van der Waals surface area contributed by atoms with Crippen LogP contribution in [0.4, 0.5) is 0 Å². The molecule has 3 aromatic rings. The maximum atomic E-state index is 12.0. The minimum absolute atomic E-state index is 0.111. The van der Waals surface area contributed by atoms with Crippen LogP contribution < -0.4 is 5.43 Å². The summed E-state index contributed by atoms with van der Waals surface area (Å²) in [5, 5.41) is 5.27. The molecule has 29 heavy (non-hydrogen) atoms. The van der Waals surface area contributed by atoms with Gasteiger partial charge in [0.15, 0.2) is 0 Å². The third-order valence-corrected chi connectivity index (χ3v) is 5.76. The molecule has 0 fully saturated rings. The summed E-state index contributed by atoms with van der Waals surface area (Å²) >= 11 is 13.9. The molecule has 0 unspecified atom stereocenters. The van der Waals surface area contributed by atoms with Crippen LogP contribution in [-0.4, -0.2) is 22.4 Å². The van der Waals surface area contributed by atoms with Crippen LogP contribution >= 0.6 is 35.0 Å². The van der Waals surface area contributed by atoms with Crippen LogP contribution in [0.1, 0.15) is 23.4 Å². The van der Waals surface area contributed by atoms with E-state index in [9.17, 15) is 4.79 Å². The zero-order chi connectivity index (χ0) is 20.8. The second-order valence-corrected chi connectivity index (χ2v) is 8.54. The number of benzene rings is 2. The fourth-order valence-corrected chi connectivity index (χ4v) is 4.38. The van der Waals surface area contributed by atoms with E-state index in [1.54, 1.807) is 24.0 Å². The lowest BCUT2D eigenvalue weighted by atomic mass is 10.2. The summed E-state index contributed by atoms with van der Waals surface area (Å²) in [7, 11) is 0. The molecule has 7 heteroatoms. The maximum Gasteiger partial charge on any atom is 0.240 e. The van der Waals surface area contributed by atoms with Crippen molar-refractivity contribution in [1.29, 1.82) is 0 Å². The van der Waals surface area contributed by atoms with Crippen molar-refractivity contribution in [2.75, 3.05) is 5.75 Å². The van der Waals surface area contributed by atoms with E-state index >= 15 is 0 Å². The lowest BCUT2D eigenvalue weighted by Gasteiger charge is -2.10. The number of thioether (sulfide) groups is 1. The number of nitrogens with zero attached hydrogens (tertiary/aromatic N) is 2. The Morgan fingerprint density at radius 2 is 1.79 bits per heavy atom. The molecule has 0 radical (unpaired) electrons. The van der Waals surface area contributed by atoms with E-state index in [2.05, 4.69) is 15.1 Å². The standard InChI is InChI=1S/C22H21Cl2N3OS/c1-15-10-17(16(2)27(15)20-12-18(23)11-19(24)13-20)14-25-26-22(28)8-9-29-21-6-4-3-5-7-21/h3-7,10-14H,8-9H2,1-2H3,(H,26,28)/b25-14-. The van der Waals surface area contributed by atoms with Gasteiger partial charge >= 0.3 is 0 Å². The molecule has 3 rings (SSSR count). The molecule has 1 heterocycles. The highest BCUT2D eigenvalue weighted by Crippen LogP contribution is 2.26. The van der Waals surface area contributed by atoms with Crippen LogP contribution in [0, 0.1) is 13.8 Å². The summed E-state index contributed by atoms with van der Waals surface area (Å²) in [6.45, 7) is 3.99. The lowest BCUT2D eigenvalue weighted by molar-refractivity contribution is -0.120. The molecule has 150 valence electrons. The number of carbonyl (C=O) groups is 1. The van der Waals surface area contributed by atoms with Crippen molar-refractivity contribution in [3.8, 4) is 5.69 Å². The van der Waals surface area contributed by atoms with E-state index in [0.29, 0.717) is 22.2 Å². The van der Waals surface area contributed by atoms with Crippen LogP contribution in [0.15, 0.2) is 64.6 Å². The first-order valence-electron chi connectivity index (χ1n) is 9.09. The Kier molecular flexibility index (Phi) is 7.42. The molecule has 0 aliphatic carbocycles. The first-order chi connectivity index (χ1) is 13.9. The second kappa shape index (κ2) is 10.0. The number of aryl methyl sites for hydroxylation is 1. The average molecular weight is 446 g/mol. The number of nitrogens with one attached hydrogen (secondary N) is 1. The smallest absolute Gasteiger partial charge is 0.240 e. The van der Waals surface area contributed by atoms with Gasteiger partial charge in [-0.3, -0.25) is 4.79 Å². The summed E-state index contributed by atoms with van der Waals surface area (Å²) in [6, 6.07) is 17.4. The third-order valence-electron chi connectivity index (χ3n) is 4.31. The first kappa shape index (κ1) is 21.5. The highest BCUT2D eigenvalue weighted by atomic mass is 35.5. The Labute approximate surface area is 184 Å². The van der Waals surface area contributed by atoms with Crippen molar-refractivity contribution in [2.24, 2.45) is 5.10 Å². The molecular weight excluding hydrogens is 425 g/mol. The van der Waals surface area contributed by atoms with Gasteiger partial charge in [0, 0.05) is 49.8 Å². The summed E-state index contributed by atoms with van der Waals surface area (Å²) in [5.41, 5.74) is 6.41. The van der Waals surface area contributed by atoms with Crippen LogP contribution in [0.25, 0.3) is 5.69 Å². The van der Waals surface area contributed by atoms with Gasteiger partial charge < -0.3 is 4.57 Å². The molecule has 0 bridgehead atoms. The average Bonchev–Trinajstić information content (AvgIpc) is 2.95. The number of aromatic nitrogens is 1. The molecule has 2 aromatic carbocycles. The number of amides is 1. The quantitative estimate of drug-likeness (QED) is 0.274. The van der Waals surface area contributed by atoms with Gasteiger partial charge in [-0.05, 0) is 50.2 Å². The predicted molar refractivity (Wildman–Crippen MR) is 123 cm³/mol. The van der Waals surface area contributed by atoms with Crippen LogP contribution in [0.3, 0.4) is 0 Å². The lowest BCUT2D eigenvalue weighted by Crippen LogP contribution is -2.17. The monoisotopic (exact) mass is 445 g/mol. The van der Waals surface area contributed by atoms with Crippen molar-refractivity contribution in [3.63, 3.8) is 0 Å². The van der Waals surface area contributed by atoms with E-state index in [1.807, 2.05) is 62.4 Å². The van der Waals surface area contributed by atoms with Gasteiger partial charge in [-0.15, -0.1) is 11.8 Å². The van der Waals surface area contributed by atoms with E-state index in [4.69, 9.17) is 23.2 Å². The van der Waals surface area contributed by atoms with Gasteiger partial charge in [0.1, 0.15) is 0 Å². The van der Waals surface area contributed by atoms with Gasteiger partial charge in [0.05, 0.1) is 6.21 Å². The number of hydrogen-bond donors (Lipinski definition) is 1. The van der Waals surface area contributed by atoms with Crippen LogP contribution in [-0.2, 0) is 4.79 Å². The van der Waals surface area contributed by atoms with Crippen molar-refractivity contribution in [2.45, 2.75) is 25.2 Å². The van der Waals surface area contributed by atoms with Gasteiger partial charge in [-0.1, -0.05) is 41.4 Å². The zero-order valence-electron chi connectivity index (χ0n) is 16.2. The third kappa shape index (κ3) is 5.89. The first-order valence-corrected chi connectivity index (χ1v) is 10.8. The number of hydrogen-bond acceptors (Lipinski definition) is 3. The molecular formula is C22H21Cl2N3OS. The molecule has 0 atom stereocenters. The van der Waals surface area contributed by atoms with E-state index in [1.165, 1.54) is 0 Å². The zero-order valence-corrected chi connectivity index (χ0v) is 18.5. The number of hydrazone groups is 1. The molecule has 0 spiro atoms. The fourth-order valence-electron chi connectivity index (χ4n) is 2.99. The molecule has 1 amide bonds. The largest absolute Gasteiger partial charge is 0.318 e. The summed E-state index contributed by atoms with van der Waals surface area (Å²) in [5.74, 6) is 0.593. The maximum absolute atomic E-state index is 12.0. The molecule has 0 saturated heterocycles. The highest BCUT2D eigenvalue weighted by Gasteiger charge is 2.11. The number of halogens is 2. The second-order valence-electron chi connectivity index (χ2n) is 6.49. The van der Waals surface area contributed by atoms with Crippen molar-refractivity contribution < 1.29 is 4.79 Å². The molecule has 4 nitrogen and oxygen atoms in total. The molecule has 1 aromatic heterocycles. The number of carbonyl (C=O) groups excluding carboxylic acids is 1. The highest BCUT2D eigenvalue weighted by molar-refractivity contribution is 7.99. The van der Waals surface area contributed by atoms with E-state index in [0.717, 1.165) is 27.5 Å². The van der Waals surface area contributed by atoms with E-state index in [-0.39, 0.29) is 5.91 Å². The van der Waals surface area contributed by atoms with Crippen LogP contribution in [0.5, 0.6) is 0 Å². The van der Waals surface area contributed by atoms with Crippen molar-refractivity contribution in [1.82, 2.24) is 9.99 Å². The predicted octanol–water partition coefficient (Wildman–Crippen LogP) is 6.03. The molecule has 1 N–H and O–H groups in total. The SMILES string of the molecule is Cc1cc(/C=N\NC(=O)CCSc2ccccc2)c(C)n1-c1cc(Cl)cc(Cl)c1. The van der Waals surface area contributed by atoms with Gasteiger partial charge in [-0.25, -0.2) is 5.43 Å². The Morgan fingerprint density at radius 3 is 2.48 bits per heavy atom. The molecule has 0 saturated carbocycles. The van der Waals surface area contributed by atoms with E-state index < -0.39 is 0 Å². The Balaban J connectivity index is 1.60. The molecule has 0 aliphatic rings.